The molecule has 8 heteroatoms. The van der Waals surface area contributed by atoms with E-state index in [9.17, 15) is 13.2 Å². The van der Waals surface area contributed by atoms with E-state index in [1.807, 2.05) is 0 Å². The van der Waals surface area contributed by atoms with E-state index in [0.29, 0.717) is 0 Å². The van der Waals surface area contributed by atoms with Crippen molar-refractivity contribution in [3.05, 3.63) is 0 Å². The molecule has 0 unspecified atom stereocenters. The molecule has 0 spiro atoms. The maximum Gasteiger partial charge on any atom is 0.332 e. The van der Waals surface area contributed by atoms with Crippen LogP contribution >= 0.6 is 0 Å². The van der Waals surface area contributed by atoms with Gasteiger partial charge in [-0.25, -0.2) is 9.52 Å². The highest BCUT2D eigenvalue weighted by Gasteiger charge is 2.20. The molecule has 0 aliphatic heterocycles. The maximum absolute atomic E-state index is 11.5. The smallest absolute Gasteiger partial charge is 0.332 e. The molecule has 16 heavy (non-hydrogen) atoms. The van der Waals surface area contributed by atoms with Gasteiger partial charge in [0.05, 0.1) is 0 Å². The maximum atomic E-state index is 11.5. The zero-order valence-corrected chi connectivity index (χ0v) is 10.4. The summed E-state index contributed by atoms with van der Waals surface area (Å²) in [4.78, 5) is 10.3. The molecule has 0 saturated heterocycles. The minimum Gasteiger partial charge on any atom is -0.479 e. The van der Waals surface area contributed by atoms with E-state index in [2.05, 4.69) is 4.72 Å². The molecule has 0 heterocycles. The van der Waals surface area contributed by atoms with Crippen molar-refractivity contribution in [2.24, 2.45) is 0 Å². The number of nitrogens with zero attached hydrogens (tertiary/aromatic N) is 1. The summed E-state index contributed by atoms with van der Waals surface area (Å²) in [6.45, 7) is 3.31. The highest BCUT2D eigenvalue weighted by atomic mass is 32.2. The van der Waals surface area contributed by atoms with E-state index >= 15 is 0 Å². The molecule has 7 nitrogen and oxygen atoms in total. The molecular weight excluding hydrogens is 236 g/mol. The first-order valence-electron chi connectivity index (χ1n) is 4.82. The van der Waals surface area contributed by atoms with Gasteiger partial charge in [-0.2, -0.15) is 12.7 Å². The number of hydrogen-bond acceptors (Lipinski definition) is 4. The highest BCUT2D eigenvalue weighted by Crippen LogP contribution is 2.01. The van der Waals surface area contributed by atoms with Crippen molar-refractivity contribution < 1.29 is 23.4 Å². The molecule has 3 N–H and O–H groups in total. The topological polar surface area (TPSA) is 107 Å². The van der Waals surface area contributed by atoms with Gasteiger partial charge in [-0.3, -0.25) is 0 Å². The van der Waals surface area contributed by atoms with E-state index < -0.39 is 22.3 Å². The number of aliphatic hydroxyl groups excluding tert-OH is 1. The number of hydrogen-bond donors (Lipinski definition) is 3. The highest BCUT2D eigenvalue weighted by molar-refractivity contribution is 7.87. The summed E-state index contributed by atoms with van der Waals surface area (Å²) in [6, 6.07) is -0.193. The molecule has 0 aromatic heterocycles. The molecule has 0 fully saturated rings. The largest absolute Gasteiger partial charge is 0.479 e. The lowest BCUT2D eigenvalue weighted by atomic mass is 10.3. The summed E-state index contributed by atoms with van der Waals surface area (Å²) in [7, 11) is -2.18. The molecule has 0 aliphatic carbocycles. The summed E-state index contributed by atoms with van der Waals surface area (Å²) < 4.78 is 26.3. The lowest BCUT2D eigenvalue weighted by Crippen LogP contribution is -2.43. The third-order valence-electron chi connectivity index (χ3n) is 2.09. The van der Waals surface area contributed by atoms with Crippen LogP contribution in [0.5, 0.6) is 0 Å². The SMILES string of the molecule is CC(C)N(C)S(=O)(=O)NCC[C@H](O)C(=O)O. The van der Waals surface area contributed by atoms with Gasteiger partial charge in [0, 0.05) is 19.6 Å². The fourth-order valence-corrected chi connectivity index (χ4v) is 1.96. The van der Waals surface area contributed by atoms with Crippen molar-refractivity contribution in [3.63, 3.8) is 0 Å². The van der Waals surface area contributed by atoms with Crippen LogP contribution in [0.4, 0.5) is 0 Å². The van der Waals surface area contributed by atoms with Crippen molar-refractivity contribution in [1.29, 1.82) is 0 Å². The fourth-order valence-electron chi connectivity index (χ4n) is 0.827. The second kappa shape index (κ2) is 6.14. The van der Waals surface area contributed by atoms with Crippen LogP contribution in [0.3, 0.4) is 0 Å². The van der Waals surface area contributed by atoms with Crippen molar-refractivity contribution in [1.82, 2.24) is 9.03 Å². The van der Waals surface area contributed by atoms with Crippen molar-refractivity contribution in [3.8, 4) is 0 Å². The number of carbonyl (C=O) groups is 1. The number of aliphatic hydroxyl groups is 1. The third kappa shape index (κ3) is 4.88. The Balaban J connectivity index is 4.16. The second-order valence-electron chi connectivity index (χ2n) is 3.65. The number of nitrogens with one attached hydrogen (secondary N) is 1. The van der Waals surface area contributed by atoms with E-state index in [4.69, 9.17) is 10.2 Å². The van der Waals surface area contributed by atoms with Gasteiger partial charge in [0.25, 0.3) is 10.2 Å². The first-order valence-corrected chi connectivity index (χ1v) is 6.26. The Morgan fingerprint density at radius 3 is 2.31 bits per heavy atom. The quantitative estimate of drug-likeness (QED) is 0.540. The Kier molecular flexibility index (Phi) is 5.87. The summed E-state index contributed by atoms with van der Waals surface area (Å²) >= 11 is 0. The van der Waals surface area contributed by atoms with Gasteiger partial charge >= 0.3 is 5.97 Å². The summed E-state index contributed by atoms with van der Waals surface area (Å²) in [5.74, 6) is -1.36. The Labute approximate surface area is 95.2 Å². The molecule has 0 saturated carbocycles. The van der Waals surface area contributed by atoms with Crippen molar-refractivity contribution >= 4 is 16.2 Å². The average molecular weight is 254 g/mol. The molecule has 0 rings (SSSR count). The van der Waals surface area contributed by atoms with Crippen LogP contribution in [-0.4, -0.2) is 54.6 Å². The van der Waals surface area contributed by atoms with Crippen LogP contribution in [0.1, 0.15) is 20.3 Å². The van der Waals surface area contributed by atoms with Gasteiger partial charge in [0.15, 0.2) is 6.10 Å². The normalized spacial score (nSPS) is 14.4. The van der Waals surface area contributed by atoms with Crippen LogP contribution in [0.15, 0.2) is 0 Å². The van der Waals surface area contributed by atoms with Crippen LogP contribution in [0, 0.1) is 0 Å². The summed E-state index contributed by atoms with van der Waals surface area (Å²) in [5, 5.41) is 17.3. The molecule has 0 aliphatic rings. The zero-order valence-electron chi connectivity index (χ0n) is 9.54. The predicted octanol–water partition coefficient (Wildman–Crippen LogP) is -1.00. The fraction of sp³-hybridized carbons (Fsp3) is 0.875. The van der Waals surface area contributed by atoms with Gasteiger partial charge in [0.2, 0.25) is 0 Å². The van der Waals surface area contributed by atoms with Gasteiger partial charge in [-0.1, -0.05) is 0 Å². The average Bonchev–Trinajstić information content (AvgIpc) is 2.15. The Morgan fingerprint density at radius 1 is 1.44 bits per heavy atom. The van der Waals surface area contributed by atoms with Crippen molar-refractivity contribution in [2.45, 2.75) is 32.4 Å². The summed E-state index contributed by atoms with van der Waals surface area (Å²) in [5.41, 5.74) is 0. The lowest BCUT2D eigenvalue weighted by Gasteiger charge is -2.21. The van der Waals surface area contributed by atoms with Crippen LogP contribution in [0.25, 0.3) is 0 Å². The number of carboxylic acids is 1. The summed E-state index contributed by atoms with van der Waals surface area (Å²) in [6.07, 6.45) is -1.72. The van der Waals surface area contributed by atoms with Gasteiger partial charge in [0.1, 0.15) is 0 Å². The third-order valence-corrected chi connectivity index (χ3v) is 3.84. The second-order valence-corrected chi connectivity index (χ2v) is 5.47. The van der Waals surface area contributed by atoms with Crippen LogP contribution < -0.4 is 4.72 Å². The minimum atomic E-state index is -3.60. The Hall–Kier alpha value is -0.700. The van der Waals surface area contributed by atoms with Crippen LogP contribution in [-0.2, 0) is 15.0 Å². The van der Waals surface area contributed by atoms with Gasteiger partial charge < -0.3 is 10.2 Å². The molecular formula is C8H18N2O5S. The monoisotopic (exact) mass is 254 g/mol. The number of rotatable bonds is 7. The molecule has 96 valence electrons. The lowest BCUT2D eigenvalue weighted by molar-refractivity contribution is -0.146. The van der Waals surface area contributed by atoms with Crippen molar-refractivity contribution in [2.75, 3.05) is 13.6 Å². The van der Waals surface area contributed by atoms with E-state index in [1.54, 1.807) is 13.8 Å². The molecule has 0 amide bonds. The molecule has 0 aromatic rings. The molecule has 0 radical (unpaired) electrons. The first-order chi connectivity index (χ1) is 7.18. The van der Waals surface area contributed by atoms with Gasteiger partial charge in [-0.15, -0.1) is 0 Å². The van der Waals surface area contributed by atoms with E-state index in [0.717, 1.165) is 4.31 Å². The number of aliphatic carboxylic acids is 1. The van der Waals surface area contributed by atoms with E-state index in [-0.39, 0.29) is 19.0 Å². The Bertz CT molecular complexity index is 327. The Morgan fingerprint density at radius 2 is 1.94 bits per heavy atom. The van der Waals surface area contributed by atoms with E-state index in [1.165, 1.54) is 7.05 Å². The minimum absolute atomic E-state index is 0.118. The zero-order chi connectivity index (χ0) is 12.9. The molecule has 0 bridgehead atoms. The predicted molar refractivity (Wildman–Crippen MR) is 58.1 cm³/mol. The van der Waals surface area contributed by atoms with Crippen LogP contribution in [0.2, 0.25) is 0 Å². The van der Waals surface area contributed by atoms with Gasteiger partial charge in [-0.05, 0) is 20.3 Å². The molecule has 0 aromatic carbocycles. The standard InChI is InChI=1S/C8H18N2O5S/c1-6(2)10(3)16(14,15)9-5-4-7(11)8(12)13/h6-7,9,11H,4-5H2,1-3H3,(H,12,13)/t7-/m0/s1. The number of carboxylic acid groups (broad SMARTS) is 1. The first kappa shape index (κ1) is 15.3. The molecule has 1 atom stereocenters.